The number of amides is 1. The van der Waals surface area contributed by atoms with E-state index < -0.39 is 0 Å². The second-order valence-corrected chi connectivity index (χ2v) is 4.16. The number of carbonyl (C=O) groups excluding carboxylic acids is 1. The van der Waals surface area contributed by atoms with E-state index in [0.717, 1.165) is 17.7 Å². The smallest absolute Gasteiger partial charge is 0.233 e. The van der Waals surface area contributed by atoms with Crippen molar-refractivity contribution in [2.45, 2.75) is 20.3 Å². The van der Waals surface area contributed by atoms with Gasteiger partial charge in [-0.2, -0.15) is 0 Å². The van der Waals surface area contributed by atoms with Gasteiger partial charge in [-0.25, -0.2) is 0 Å². The first-order valence-electron chi connectivity index (χ1n) is 6.31. The van der Waals surface area contributed by atoms with E-state index in [2.05, 4.69) is 16.7 Å². The molecule has 0 bridgehead atoms. The molecule has 1 rings (SSSR count). The number of likely N-dealkylation sites (N-methyl/N-ethyl adjacent to an activating group) is 1. The molecule has 1 amide bonds. The quantitative estimate of drug-likeness (QED) is 0.766. The van der Waals surface area contributed by atoms with Crippen LogP contribution in [0.4, 0.5) is 0 Å². The summed E-state index contributed by atoms with van der Waals surface area (Å²) >= 11 is 0. The molecule has 0 aliphatic carbocycles. The van der Waals surface area contributed by atoms with Gasteiger partial charge in [0, 0.05) is 6.54 Å². The topological polar surface area (TPSA) is 50.4 Å². The maximum atomic E-state index is 11.2. The zero-order valence-electron chi connectivity index (χ0n) is 11.4. The number of ether oxygens (including phenoxy) is 1. The molecule has 0 heterocycles. The van der Waals surface area contributed by atoms with Gasteiger partial charge in [-0.3, -0.25) is 4.79 Å². The Kier molecular flexibility index (Phi) is 6.22. The van der Waals surface area contributed by atoms with E-state index in [1.165, 1.54) is 5.56 Å². The van der Waals surface area contributed by atoms with Gasteiger partial charge in [0.05, 0.1) is 13.2 Å². The van der Waals surface area contributed by atoms with E-state index >= 15 is 0 Å². The first-order valence-corrected chi connectivity index (χ1v) is 6.31. The lowest BCUT2D eigenvalue weighted by Gasteiger charge is -2.09. The Bertz CT molecular complexity index is 391. The van der Waals surface area contributed by atoms with Crippen molar-refractivity contribution >= 4 is 5.91 Å². The molecule has 2 N–H and O–H groups in total. The molecule has 0 radical (unpaired) electrons. The maximum absolute atomic E-state index is 11.2. The highest BCUT2D eigenvalue weighted by Crippen LogP contribution is 2.19. The number of hydrogen-bond donors (Lipinski definition) is 2. The third kappa shape index (κ3) is 4.75. The highest BCUT2D eigenvalue weighted by molar-refractivity contribution is 5.77. The summed E-state index contributed by atoms with van der Waals surface area (Å²) in [6.07, 6.45) is 0.836. The Hall–Kier alpha value is -1.55. The van der Waals surface area contributed by atoms with Crippen LogP contribution in [0.15, 0.2) is 18.2 Å². The summed E-state index contributed by atoms with van der Waals surface area (Å²) in [5.74, 6) is 0.959. The third-order valence-electron chi connectivity index (χ3n) is 2.61. The van der Waals surface area contributed by atoms with E-state index in [9.17, 15) is 4.79 Å². The lowest BCUT2D eigenvalue weighted by Crippen LogP contribution is -2.33. The van der Waals surface area contributed by atoms with Crippen molar-refractivity contribution in [1.29, 1.82) is 0 Å². The molecule has 4 heteroatoms. The number of carbonyl (C=O) groups is 1. The molecule has 0 spiro atoms. The number of hydrogen-bond acceptors (Lipinski definition) is 3. The minimum absolute atomic E-state index is 0.0279. The lowest BCUT2D eigenvalue weighted by atomic mass is 10.1. The van der Waals surface area contributed by atoms with Crippen molar-refractivity contribution in [1.82, 2.24) is 10.6 Å². The number of nitrogens with one attached hydrogen (secondary N) is 2. The second-order valence-electron chi connectivity index (χ2n) is 4.16. The van der Waals surface area contributed by atoms with Gasteiger partial charge in [-0.15, -0.1) is 0 Å². The first-order chi connectivity index (χ1) is 8.67. The van der Waals surface area contributed by atoms with Gasteiger partial charge in [0.25, 0.3) is 0 Å². The van der Waals surface area contributed by atoms with Crippen molar-refractivity contribution in [2.75, 3.05) is 26.7 Å². The molecule has 0 atom stereocenters. The van der Waals surface area contributed by atoms with E-state index in [-0.39, 0.29) is 5.91 Å². The van der Waals surface area contributed by atoms with Gasteiger partial charge in [-0.1, -0.05) is 12.1 Å². The zero-order chi connectivity index (χ0) is 13.4. The molecule has 0 aliphatic heterocycles. The fourth-order valence-corrected chi connectivity index (χ4v) is 1.75. The summed E-state index contributed by atoms with van der Waals surface area (Å²) in [5, 5.41) is 5.68. The Morgan fingerprint density at radius 1 is 1.39 bits per heavy atom. The van der Waals surface area contributed by atoms with Crippen LogP contribution in [0.25, 0.3) is 0 Å². The summed E-state index contributed by atoms with van der Waals surface area (Å²) in [5.41, 5.74) is 2.34. The number of rotatable bonds is 7. The molecular formula is C14H22N2O2. The van der Waals surface area contributed by atoms with Crippen molar-refractivity contribution in [3.05, 3.63) is 29.3 Å². The molecule has 4 nitrogen and oxygen atoms in total. The van der Waals surface area contributed by atoms with Crippen LogP contribution < -0.4 is 15.4 Å². The minimum atomic E-state index is 0.0279. The highest BCUT2D eigenvalue weighted by Gasteiger charge is 2.02. The molecule has 1 aromatic carbocycles. The summed E-state index contributed by atoms with van der Waals surface area (Å²) < 4.78 is 5.49. The fourth-order valence-electron chi connectivity index (χ4n) is 1.75. The van der Waals surface area contributed by atoms with Crippen molar-refractivity contribution in [3.8, 4) is 5.75 Å². The van der Waals surface area contributed by atoms with Crippen LogP contribution in [0.5, 0.6) is 5.75 Å². The molecule has 0 fully saturated rings. The van der Waals surface area contributed by atoms with Crippen LogP contribution >= 0.6 is 0 Å². The lowest BCUT2D eigenvalue weighted by molar-refractivity contribution is -0.120. The summed E-state index contributed by atoms with van der Waals surface area (Å²) in [4.78, 5) is 11.2. The van der Waals surface area contributed by atoms with Crippen LogP contribution in [0.1, 0.15) is 18.1 Å². The first kappa shape index (κ1) is 14.5. The summed E-state index contributed by atoms with van der Waals surface area (Å²) in [7, 11) is 1.76. The summed E-state index contributed by atoms with van der Waals surface area (Å²) in [6, 6.07) is 6.14. The molecule has 1 aromatic rings. The van der Waals surface area contributed by atoms with Gasteiger partial charge in [0.2, 0.25) is 5.91 Å². The molecule has 0 aliphatic rings. The second kappa shape index (κ2) is 7.71. The average Bonchev–Trinajstić information content (AvgIpc) is 2.33. The van der Waals surface area contributed by atoms with E-state index in [4.69, 9.17) is 4.74 Å². The largest absolute Gasteiger partial charge is 0.494 e. The normalized spacial score (nSPS) is 10.2. The Balaban J connectivity index is 2.43. The summed E-state index contributed by atoms with van der Waals surface area (Å²) in [6.45, 7) is 5.72. The van der Waals surface area contributed by atoms with Gasteiger partial charge < -0.3 is 15.4 Å². The molecular weight excluding hydrogens is 228 g/mol. The fraction of sp³-hybridized carbons (Fsp3) is 0.500. The molecule has 0 aromatic heterocycles. The van der Waals surface area contributed by atoms with Crippen molar-refractivity contribution in [2.24, 2.45) is 0 Å². The van der Waals surface area contributed by atoms with Crippen LogP contribution in [0.3, 0.4) is 0 Å². The monoisotopic (exact) mass is 250 g/mol. The van der Waals surface area contributed by atoms with Gasteiger partial charge in [0.15, 0.2) is 0 Å². The Morgan fingerprint density at radius 2 is 2.17 bits per heavy atom. The van der Waals surface area contributed by atoms with Crippen LogP contribution in [-0.2, 0) is 11.2 Å². The van der Waals surface area contributed by atoms with Crippen molar-refractivity contribution in [3.63, 3.8) is 0 Å². The van der Waals surface area contributed by atoms with E-state index in [1.54, 1.807) is 7.05 Å². The predicted octanol–water partition coefficient (Wildman–Crippen LogP) is 1.27. The Morgan fingerprint density at radius 3 is 2.78 bits per heavy atom. The Labute approximate surface area is 109 Å². The number of aryl methyl sites for hydroxylation is 1. The van der Waals surface area contributed by atoms with E-state index in [1.807, 2.05) is 26.0 Å². The molecule has 0 unspecified atom stereocenters. The SMILES string of the molecule is CCOc1ccc(CCNC(=O)CNC)cc1C. The van der Waals surface area contributed by atoms with Gasteiger partial charge in [-0.05, 0) is 44.5 Å². The predicted molar refractivity (Wildman–Crippen MR) is 73.0 cm³/mol. The molecule has 18 heavy (non-hydrogen) atoms. The minimum Gasteiger partial charge on any atom is -0.494 e. The van der Waals surface area contributed by atoms with Crippen LogP contribution in [0, 0.1) is 6.92 Å². The molecule has 100 valence electrons. The zero-order valence-corrected chi connectivity index (χ0v) is 11.4. The van der Waals surface area contributed by atoms with Crippen LogP contribution in [0.2, 0.25) is 0 Å². The highest BCUT2D eigenvalue weighted by atomic mass is 16.5. The van der Waals surface area contributed by atoms with Gasteiger partial charge >= 0.3 is 0 Å². The maximum Gasteiger partial charge on any atom is 0.233 e. The molecule has 0 saturated carbocycles. The van der Waals surface area contributed by atoms with Crippen molar-refractivity contribution < 1.29 is 9.53 Å². The average molecular weight is 250 g/mol. The third-order valence-corrected chi connectivity index (χ3v) is 2.61. The van der Waals surface area contributed by atoms with Crippen LogP contribution in [-0.4, -0.2) is 32.7 Å². The molecule has 0 saturated heterocycles. The van der Waals surface area contributed by atoms with E-state index in [0.29, 0.717) is 19.7 Å². The standard InChI is InChI=1S/C14H22N2O2/c1-4-18-13-6-5-12(9-11(13)2)7-8-16-14(17)10-15-3/h5-6,9,15H,4,7-8,10H2,1-3H3,(H,16,17). The number of benzene rings is 1. The van der Waals surface area contributed by atoms with Gasteiger partial charge in [0.1, 0.15) is 5.75 Å².